The fourth-order valence-electron chi connectivity index (χ4n) is 1.62. The maximum absolute atomic E-state index is 12.5. The predicted molar refractivity (Wildman–Crippen MR) is 86.4 cm³/mol. The minimum Gasteiger partial charge on any atom is -0.370 e. The normalized spacial score (nSPS) is 11.5. The van der Waals surface area contributed by atoms with Crippen molar-refractivity contribution in [2.75, 3.05) is 6.54 Å². The highest BCUT2D eigenvalue weighted by Gasteiger charge is 2.10. The first kappa shape index (κ1) is 19.1. The molecular formula is C12H22F2IN5. The van der Waals surface area contributed by atoms with Crippen LogP contribution < -0.4 is 11.1 Å². The molecule has 0 fully saturated rings. The molecule has 1 rings (SSSR count). The van der Waals surface area contributed by atoms with E-state index >= 15 is 0 Å². The number of alkyl halides is 2. The molecule has 5 nitrogen and oxygen atoms in total. The van der Waals surface area contributed by atoms with Crippen LogP contribution in [0.2, 0.25) is 0 Å². The summed E-state index contributed by atoms with van der Waals surface area (Å²) in [7, 11) is 0. The maximum Gasteiger partial charge on any atom is 0.319 e. The van der Waals surface area contributed by atoms with E-state index in [0.717, 1.165) is 24.0 Å². The third kappa shape index (κ3) is 7.01. The molecular weight excluding hydrogens is 379 g/mol. The summed E-state index contributed by atoms with van der Waals surface area (Å²) in [6.07, 6.45) is 7.10. The van der Waals surface area contributed by atoms with Crippen molar-refractivity contribution in [1.29, 1.82) is 0 Å². The Labute approximate surface area is 135 Å². The highest BCUT2D eigenvalue weighted by molar-refractivity contribution is 14.0. The Bertz CT molecular complexity index is 395. The van der Waals surface area contributed by atoms with E-state index in [1.165, 1.54) is 25.2 Å². The van der Waals surface area contributed by atoms with Gasteiger partial charge in [-0.05, 0) is 6.42 Å². The number of hydrogen-bond acceptors (Lipinski definition) is 2. The van der Waals surface area contributed by atoms with Crippen molar-refractivity contribution < 1.29 is 8.78 Å². The molecule has 0 aliphatic carbocycles. The zero-order valence-electron chi connectivity index (χ0n) is 11.6. The Balaban J connectivity index is 0.00000361. The number of unbranched alkanes of at least 4 members (excludes halogenated alkanes) is 3. The predicted octanol–water partition coefficient (Wildman–Crippen LogP) is 2.88. The number of nitrogens with one attached hydrogen (secondary N) is 1. The van der Waals surface area contributed by atoms with Crippen LogP contribution in [0.1, 0.15) is 45.0 Å². The molecule has 0 aliphatic heterocycles. The lowest BCUT2D eigenvalue weighted by Crippen LogP contribution is -2.32. The van der Waals surface area contributed by atoms with Crippen molar-refractivity contribution in [2.45, 2.75) is 45.7 Å². The Morgan fingerprint density at radius 1 is 1.45 bits per heavy atom. The third-order valence-electron chi connectivity index (χ3n) is 2.69. The minimum absolute atomic E-state index is 0. The number of imidazole rings is 1. The van der Waals surface area contributed by atoms with Crippen LogP contribution in [0.3, 0.4) is 0 Å². The number of aliphatic imine (C=N–C) groups is 1. The van der Waals surface area contributed by atoms with Gasteiger partial charge in [-0.3, -0.25) is 4.57 Å². The van der Waals surface area contributed by atoms with Crippen molar-refractivity contribution in [3.63, 3.8) is 0 Å². The highest BCUT2D eigenvalue weighted by atomic mass is 127. The summed E-state index contributed by atoms with van der Waals surface area (Å²) >= 11 is 0. The van der Waals surface area contributed by atoms with E-state index in [0.29, 0.717) is 0 Å². The lowest BCUT2D eigenvalue weighted by molar-refractivity contribution is 0.0671. The van der Waals surface area contributed by atoms with Crippen LogP contribution in [0, 0.1) is 0 Å². The first-order chi connectivity index (χ1) is 9.15. The molecule has 1 heterocycles. The van der Waals surface area contributed by atoms with Gasteiger partial charge < -0.3 is 11.1 Å². The van der Waals surface area contributed by atoms with E-state index < -0.39 is 6.55 Å². The summed E-state index contributed by atoms with van der Waals surface area (Å²) in [5.74, 6) is 0.464. The van der Waals surface area contributed by atoms with Crippen LogP contribution in [0.4, 0.5) is 8.78 Å². The fourth-order valence-corrected chi connectivity index (χ4v) is 1.62. The van der Waals surface area contributed by atoms with Crippen molar-refractivity contribution >= 4 is 29.9 Å². The number of halogens is 3. The largest absolute Gasteiger partial charge is 0.370 e. The molecule has 0 unspecified atom stereocenters. The molecule has 8 heteroatoms. The molecule has 1 aromatic heterocycles. The van der Waals surface area contributed by atoms with Gasteiger partial charge >= 0.3 is 6.55 Å². The summed E-state index contributed by atoms with van der Waals surface area (Å²) in [6, 6.07) is 0. The zero-order chi connectivity index (χ0) is 14.1. The van der Waals surface area contributed by atoms with Gasteiger partial charge in [-0.25, -0.2) is 9.98 Å². The first-order valence-corrected chi connectivity index (χ1v) is 6.48. The average Bonchev–Trinajstić information content (AvgIpc) is 2.84. The summed E-state index contributed by atoms with van der Waals surface area (Å²) in [5, 5.41) is 2.96. The molecule has 3 N–H and O–H groups in total. The number of hydrogen-bond donors (Lipinski definition) is 2. The van der Waals surface area contributed by atoms with Gasteiger partial charge in [0.2, 0.25) is 0 Å². The Kier molecular flexibility index (Phi) is 10.3. The molecule has 0 saturated heterocycles. The molecule has 0 amide bonds. The molecule has 0 bridgehead atoms. The van der Waals surface area contributed by atoms with Crippen molar-refractivity contribution in [1.82, 2.24) is 14.9 Å². The standard InChI is InChI=1S/C12H21F2N5.HI/c1-2-3-4-5-6-17-12(15)18-9-10-16-7-8-19(10)11(13)14;/h7-8,11H,2-6,9H2,1H3,(H3,15,17,18);1H. The lowest BCUT2D eigenvalue weighted by atomic mass is 10.2. The van der Waals surface area contributed by atoms with E-state index in [2.05, 4.69) is 22.2 Å². The summed E-state index contributed by atoms with van der Waals surface area (Å²) in [6.45, 7) is 0.342. The molecule has 0 aliphatic rings. The number of nitrogens with two attached hydrogens (primary N) is 1. The Hall–Kier alpha value is -0.930. The van der Waals surface area contributed by atoms with Gasteiger partial charge in [0.15, 0.2) is 5.96 Å². The Morgan fingerprint density at radius 2 is 2.20 bits per heavy atom. The summed E-state index contributed by atoms with van der Waals surface area (Å²) in [4.78, 5) is 7.82. The molecule has 0 aromatic carbocycles. The number of guanidine groups is 1. The minimum atomic E-state index is -2.60. The number of rotatable bonds is 8. The highest BCUT2D eigenvalue weighted by Crippen LogP contribution is 2.12. The van der Waals surface area contributed by atoms with Crippen LogP contribution in [0.5, 0.6) is 0 Å². The molecule has 0 spiro atoms. The van der Waals surface area contributed by atoms with Crippen molar-refractivity contribution in [2.24, 2.45) is 10.7 Å². The number of aromatic nitrogens is 2. The van der Waals surface area contributed by atoms with Gasteiger partial charge in [-0.2, -0.15) is 8.78 Å². The monoisotopic (exact) mass is 401 g/mol. The lowest BCUT2D eigenvalue weighted by Gasteiger charge is -2.06. The smallest absolute Gasteiger partial charge is 0.319 e. The van der Waals surface area contributed by atoms with E-state index in [4.69, 9.17) is 5.73 Å². The molecule has 1 aromatic rings. The van der Waals surface area contributed by atoms with Gasteiger partial charge in [-0.15, -0.1) is 24.0 Å². The zero-order valence-corrected chi connectivity index (χ0v) is 13.9. The van der Waals surface area contributed by atoms with Gasteiger partial charge in [0, 0.05) is 18.9 Å². The summed E-state index contributed by atoms with van der Waals surface area (Å²) in [5.41, 5.74) is 5.65. The topological polar surface area (TPSA) is 68.2 Å². The van der Waals surface area contributed by atoms with Gasteiger partial charge in [0.1, 0.15) is 12.4 Å². The molecule has 116 valence electrons. The first-order valence-electron chi connectivity index (χ1n) is 6.48. The second-order valence-electron chi connectivity index (χ2n) is 4.22. The second-order valence-corrected chi connectivity index (χ2v) is 4.22. The van der Waals surface area contributed by atoms with E-state index in [-0.39, 0.29) is 42.3 Å². The van der Waals surface area contributed by atoms with Gasteiger partial charge in [0.25, 0.3) is 0 Å². The number of nitrogens with zero attached hydrogens (tertiary/aromatic N) is 3. The SMILES string of the molecule is CCCCCCNC(N)=NCc1nccn1C(F)F.I. The van der Waals surface area contributed by atoms with E-state index in [1.807, 2.05) is 0 Å². The van der Waals surface area contributed by atoms with Crippen LogP contribution in [-0.4, -0.2) is 22.1 Å². The quantitative estimate of drug-likeness (QED) is 0.305. The van der Waals surface area contributed by atoms with Gasteiger partial charge in [0.05, 0.1) is 0 Å². The van der Waals surface area contributed by atoms with Crippen LogP contribution >= 0.6 is 24.0 Å². The molecule has 0 atom stereocenters. The molecule has 0 radical (unpaired) electrons. The van der Waals surface area contributed by atoms with Crippen LogP contribution in [0.15, 0.2) is 17.4 Å². The fraction of sp³-hybridized carbons (Fsp3) is 0.667. The second kappa shape index (κ2) is 10.8. The van der Waals surface area contributed by atoms with Gasteiger partial charge in [-0.1, -0.05) is 26.2 Å². The van der Waals surface area contributed by atoms with Crippen LogP contribution in [0.25, 0.3) is 0 Å². The maximum atomic E-state index is 12.5. The van der Waals surface area contributed by atoms with E-state index in [9.17, 15) is 8.78 Å². The average molecular weight is 401 g/mol. The summed E-state index contributed by atoms with van der Waals surface area (Å²) < 4.78 is 25.8. The van der Waals surface area contributed by atoms with Crippen molar-refractivity contribution in [3.8, 4) is 0 Å². The Morgan fingerprint density at radius 3 is 2.85 bits per heavy atom. The molecule has 0 saturated carbocycles. The third-order valence-corrected chi connectivity index (χ3v) is 2.69. The van der Waals surface area contributed by atoms with Crippen LogP contribution in [-0.2, 0) is 6.54 Å². The molecule has 20 heavy (non-hydrogen) atoms. The van der Waals surface area contributed by atoms with Crippen molar-refractivity contribution in [3.05, 3.63) is 18.2 Å². The van der Waals surface area contributed by atoms with E-state index in [1.54, 1.807) is 0 Å².